The molecule has 2 atom stereocenters. The van der Waals surface area contributed by atoms with Gasteiger partial charge < -0.3 is 10.2 Å². The van der Waals surface area contributed by atoms with Gasteiger partial charge >= 0.3 is 0 Å². The van der Waals surface area contributed by atoms with Gasteiger partial charge in [-0.2, -0.15) is 19.4 Å². The van der Waals surface area contributed by atoms with E-state index >= 15 is 0 Å². The number of sulfonamides is 1. The third kappa shape index (κ3) is 2.87. The Balaban J connectivity index is 1.51. The summed E-state index contributed by atoms with van der Waals surface area (Å²) in [5.41, 5.74) is 1.53. The van der Waals surface area contributed by atoms with Gasteiger partial charge in [0.05, 0.1) is 11.6 Å². The van der Waals surface area contributed by atoms with Gasteiger partial charge in [-0.25, -0.2) is 13.4 Å². The maximum Gasteiger partial charge on any atom is 0.229 e. The van der Waals surface area contributed by atoms with Crippen LogP contribution in [-0.4, -0.2) is 69.3 Å². The van der Waals surface area contributed by atoms with Crippen LogP contribution in [0.4, 0.5) is 17.6 Å². The molecule has 0 aliphatic carbocycles. The maximum atomic E-state index is 11.9. The fraction of sp³-hybridized carbons (Fsp3) is 0.412. The first-order valence-electron chi connectivity index (χ1n) is 9.04. The maximum absolute atomic E-state index is 11.9. The summed E-state index contributed by atoms with van der Waals surface area (Å²) < 4.78 is 25.5. The zero-order valence-corrected chi connectivity index (χ0v) is 16.3. The van der Waals surface area contributed by atoms with Crippen LogP contribution in [0.2, 0.25) is 0 Å². The van der Waals surface area contributed by atoms with E-state index in [2.05, 4.69) is 30.4 Å². The van der Waals surface area contributed by atoms with Gasteiger partial charge in [0.2, 0.25) is 16.0 Å². The van der Waals surface area contributed by atoms with Crippen molar-refractivity contribution in [2.24, 2.45) is 0 Å². The predicted octanol–water partition coefficient (Wildman–Crippen LogP) is 1.02. The highest BCUT2D eigenvalue weighted by atomic mass is 32.2. The number of anilines is 3. The Morgan fingerprint density at radius 3 is 2.79 bits per heavy atom. The lowest BCUT2D eigenvalue weighted by Gasteiger charge is -2.32. The number of aromatic nitrogens is 5. The average Bonchev–Trinajstić information content (AvgIpc) is 3.36. The molecule has 146 valence electrons. The van der Waals surface area contributed by atoms with Crippen LogP contribution in [0.1, 0.15) is 12.1 Å². The molecule has 2 N–H and O–H groups in total. The van der Waals surface area contributed by atoms with E-state index in [4.69, 9.17) is 4.98 Å². The molecule has 5 rings (SSSR count). The highest BCUT2D eigenvalue weighted by Gasteiger charge is 2.47. The first-order valence-corrected chi connectivity index (χ1v) is 10.9. The van der Waals surface area contributed by atoms with E-state index in [1.165, 1.54) is 6.26 Å². The second-order valence-corrected chi connectivity index (χ2v) is 9.27. The number of nitrogens with zero attached hydrogens (tertiary/aromatic N) is 6. The monoisotopic (exact) mass is 400 g/mol. The summed E-state index contributed by atoms with van der Waals surface area (Å²) in [4.78, 5) is 15.8. The van der Waals surface area contributed by atoms with Crippen LogP contribution >= 0.6 is 0 Å². The molecule has 10 nitrogen and oxygen atoms in total. The van der Waals surface area contributed by atoms with Crippen LogP contribution in [0.15, 0.2) is 24.4 Å². The van der Waals surface area contributed by atoms with Gasteiger partial charge in [0.15, 0.2) is 11.5 Å². The molecule has 2 fully saturated rings. The molecule has 3 aromatic heterocycles. The lowest BCUT2D eigenvalue weighted by molar-refractivity contribution is 0.370. The number of hydrogen-bond donors (Lipinski definition) is 2. The largest absolute Gasteiger partial charge is 0.335 e. The zero-order valence-electron chi connectivity index (χ0n) is 15.5. The molecule has 2 saturated heterocycles. The first-order chi connectivity index (χ1) is 13.4. The Labute approximate surface area is 162 Å². The lowest BCUT2D eigenvalue weighted by atomic mass is 10.2. The van der Waals surface area contributed by atoms with E-state index in [9.17, 15) is 8.42 Å². The molecule has 0 saturated carbocycles. The molecule has 11 heteroatoms. The van der Waals surface area contributed by atoms with Crippen molar-refractivity contribution in [1.82, 2.24) is 29.5 Å². The molecule has 0 radical (unpaired) electrons. The molecule has 3 aromatic rings. The number of aromatic amines is 1. The van der Waals surface area contributed by atoms with E-state index in [1.807, 2.05) is 25.1 Å². The van der Waals surface area contributed by atoms with Crippen LogP contribution in [0.25, 0.3) is 11.0 Å². The first kappa shape index (κ1) is 17.3. The van der Waals surface area contributed by atoms with Crippen LogP contribution in [0, 0.1) is 6.92 Å². The van der Waals surface area contributed by atoms with Crippen LogP contribution in [-0.2, 0) is 10.0 Å². The smallest absolute Gasteiger partial charge is 0.229 e. The van der Waals surface area contributed by atoms with Crippen LogP contribution in [0.5, 0.6) is 0 Å². The van der Waals surface area contributed by atoms with Crippen molar-refractivity contribution < 1.29 is 8.42 Å². The lowest BCUT2D eigenvalue weighted by Crippen LogP contribution is -2.48. The topological polar surface area (TPSA) is 120 Å². The van der Waals surface area contributed by atoms with Crippen LogP contribution < -0.4 is 10.2 Å². The normalized spacial score (nSPS) is 22.3. The summed E-state index contributed by atoms with van der Waals surface area (Å²) in [5, 5.41) is 11.2. The Morgan fingerprint density at radius 1 is 1.25 bits per heavy atom. The third-order valence-corrected chi connectivity index (χ3v) is 6.58. The summed E-state index contributed by atoms with van der Waals surface area (Å²) in [6.45, 7) is 2.98. The van der Waals surface area contributed by atoms with Crippen molar-refractivity contribution in [1.29, 1.82) is 0 Å². The number of hydrogen-bond acceptors (Lipinski definition) is 8. The van der Waals surface area contributed by atoms with E-state index in [-0.39, 0.29) is 12.1 Å². The minimum absolute atomic E-state index is 0.0339. The molecule has 0 spiro atoms. The minimum Gasteiger partial charge on any atom is -0.335 e. The Kier molecular flexibility index (Phi) is 3.78. The predicted molar refractivity (Wildman–Crippen MR) is 105 cm³/mol. The summed E-state index contributed by atoms with van der Waals surface area (Å²) in [6.07, 6.45) is 3.75. The number of rotatable bonds is 4. The number of pyridine rings is 1. The summed E-state index contributed by atoms with van der Waals surface area (Å²) in [5.74, 6) is 1.85. The van der Waals surface area contributed by atoms with Gasteiger partial charge in [0, 0.05) is 43.1 Å². The molecule has 28 heavy (non-hydrogen) atoms. The summed E-state index contributed by atoms with van der Waals surface area (Å²) >= 11 is 0. The molecule has 5 heterocycles. The standard InChI is InChI=1S/C17H20N8O2S/c1-10-6-14(23-22-10)19-16-13-4-3-5-18-15(13)20-17(21-16)24-8-12-7-11(24)9-25(12)28(2,26)27/h3-6,11-12H,7-9H2,1-2H3,(H2,18,19,20,21,22,23)/t11-,12-/m1/s1. The van der Waals surface area contributed by atoms with Gasteiger partial charge in [0.1, 0.15) is 5.82 Å². The second kappa shape index (κ2) is 6.11. The number of fused-ring (bicyclic) bond motifs is 3. The number of aryl methyl sites for hydroxylation is 1. The third-order valence-electron chi connectivity index (χ3n) is 5.29. The van der Waals surface area contributed by atoms with Gasteiger partial charge in [-0.05, 0) is 25.5 Å². The fourth-order valence-corrected chi connectivity index (χ4v) is 5.20. The molecule has 0 amide bonds. The van der Waals surface area contributed by atoms with Crippen molar-refractivity contribution in [2.75, 3.05) is 29.6 Å². The number of nitrogens with one attached hydrogen (secondary N) is 2. The van der Waals surface area contributed by atoms with E-state index in [0.717, 1.165) is 17.5 Å². The van der Waals surface area contributed by atoms with E-state index in [1.54, 1.807) is 10.5 Å². The summed E-state index contributed by atoms with van der Waals surface area (Å²) in [7, 11) is -3.19. The van der Waals surface area contributed by atoms with Gasteiger partial charge in [-0.15, -0.1) is 0 Å². The summed E-state index contributed by atoms with van der Waals surface area (Å²) in [6, 6.07) is 5.69. The Morgan fingerprint density at radius 2 is 2.11 bits per heavy atom. The highest BCUT2D eigenvalue weighted by Crippen LogP contribution is 2.35. The number of piperazine rings is 1. The van der Waals surface area contributed by atoms with Crippen molar-refractivity contribution in [3.63, 3.8) is 0 Å². The quantitative estimate of drug-likeness (QED) is 0.666. The van der Waals surface area contributed by atoms with E-state index in [0.29, 0.717) is 36.3 Å². The SMILES string of the molecule is Cc1cc(Nc2nc(N3C[C@H]4C[C@@H]3CN4S(C)(=O)=O)nc3ncccc23)n[nH]1. The van der Waals surface area contributed by atoms with Crippen molar-refractivity contribution in [2.45, 2.75) is 25.4 Å². The zero-order chi connectivity index (χ0) is 19.5. The van der Waals surface area contributed by atoms with Crippen molar-refractivity contribution >= 4 is 38.6 Å². The molecule has 2 bridgehead atoms. The minimum atomic E-state index is -3.19. The van der Waals surface area contributed by atoms with Gasteiger partial charge in [0.25, 0.3) is 0 Å². The van der Waals surface area contributed by atoms with Crippen LogP contribution in [0.3, 0.4) is 0 Å². The molecular formula is C17H20N8O2S. The van der Waals surface area contributed by atoms with Gasteiger partial charge in [-0.1, -0.05) is 0 Å². The van der Waals surface area contributed by atoms with Gasteiger partial charge in [-0.3, -0.25) is 5.10 Å². The highest BCUT2D eigenvalue weighted by molar-refractivity contribution is 7.88. The second-order valence-electron chi connectivity index (χ2n) is 7.34. The fourth-order valence-electron chi connectivity index (χ4n) is 4.06. The molecule has 2 aliphatic rings. The van der Waals surface area contributed by atoms with E-state index < -0.39 is 10.0 Å². The number of H-pyrrole nitrogens is 1. The molecule has 2 aliphatic heterocycles. The molecular weight excluding hydrogens is 380 g/mol. The van der Waals surface area contributed by atoms with Crippen molar-refractivity contribution in [3.05, 3.63) is 30.1 Å². The Hall–Kier alpha value is -2.79. The van der Waals surface area contributed by atoms with Crippen molar-refractivity contribution in [3.8, 4) is 0 Å². The molecule has 0 unspecified atom stereocenters. The Bertz CT molecular complexity index is 1160. The average molecular weight is 400 g/mol. The molecule has 0 aromatic carbocycles.